The van der Waals surface area contributed by atoms with Crippen LogP contribution in [0.5, 0.6) is 0 Å². The topological polar surface area (TPSA) is 0 Å². The van der Waals surface area contributed by atoms with Crippen molar-refractivity contribution in [2.75, 3.05) is 0 Å². The molecule has 0 amide bonds. The third-order valence-corrected chi connectivity index (χ3v) is 0.833. The van der Waals surface area contributed by atoms with Gasteiger partial charge in [0.15, 0.2) is 0 Å². The fourth-order valence-corrected chi connectivity index (χ4v) is 1.00. The van der Waals surface area contributed by atoms with Gasteiger partial charge in [0.2, 0.25) is 0 Å². The predicted molar refractivity (Wildman–Crippen MR) is 38.6 cm³/mol. The van der Waals surface area contributed by atoms with Crippen LogP contribution in [0.4, 0.5) is 0 Å². The Kier molecular flexibility index (Phi) is 2.52. The first kappa shape index (κ1) is 8.00. The minimum Gasteiger partial charge on any atom is -0.0625 e. The summed E-state index contributed by atoms with van der Waals surface area (Å²) >= 11 is 0. The molecule has 0 aromatic heterocycles. The molecule has 0 heterocycles. The van der Waals surface area contributed by atoms with Crippen LogP contribution < -0.4 is 0 Å². The van der Waals surface area contributed by atoms with E-state index in [0.717, 1.165) is 5.92 Å². The SMILES string of the molecule is CC(C)[CH]C(C)(C)C. The smallest absolute Gasteiger partial charge is 0.0306 e. The van der Waals surface area contributed by atoms with Gasteiger partial charge in [0.05, 0.1) is 0 Å². The molecule has 49 valence electrons. The summed E-state index contributed by atoms with van der Waals surface area (Å²) in [5.74, 6) is 0.718. The zero-order valence-corrected chi connectivity index (χ0v) is 6.65. The van der Waals surface area contributed by atoms with Gasteiger partial charge >= 0.3 is 0 Å². The standard InChI is InChI=1S/C8H17/c1-7(2)6-8(3,4)5/h6-7H,1-5H3. The lowest BCUT2D eigenvalue weighted by Gasteiger charge is -2.19. The highest BCUT2D eigenvalue weighted by molar-refractivity contribution is 4.82. The average molecular weight is 113 g/mol. The van der Waals surface area contributed by atoms with Crippen LogP contribution in [-0.4, -0.2) is 0 Å². The van der Waals surface area contributed by atoms with Gasteiger partial charge in [0.1, 0.15) is 0 Å². The molecule has 0 nitrogen and oxygen atoms in total. The molecule has 0 heteroatoms. The molecule has 0 saturated heterocycles. The minimum absolute atomic E-state index is 0.397. The van der Waals surface area contributed by atoms with E-state index in [4.69, 9.17) is 0 Å². The molecule has 0 unspecified atom stereocenters. The quantitative estimate of drug-likeness (QED) is 0.490. The summed E-state index contributed by atoms with van der Waals surface area (Å²) in [6.45, 7) is 11.1. The van der Waals surface area contributed by atoms with E-state index in [0.29, 0.717) is 5.41 Å². The van der Waals surface area contributed by atoms with Crippen molar-refractivity contribution < 1.29 is 0 Å². The van der Waals surface area contributed by atoms with Gasteiger partial charge < -0.3 is 0 Å². The molecule has 0 N–H and O–H groups in total. The van der Waals surface area contributed by atoms with Gasteiger partial charge in [-0.25, -0.2) is 0 Å². The summed E-state index contributed by atoms with van der Waals surface area (Å²) in [4.78, 5) is 0. The van der Waals surface area contributed by atoms with Crippen LogP contribution >= 0.6 is 0 Å². The Morgan fingerprint density at radius 3 is 1.50 bits per heavy atom. The molecule has 0 fully saturated rings. The molecule has 8 heavy (non-hydrogen) atoms. The second-order valence-corrected chi connectivity index (χ2v) is 3.78. The second kappa shape index (κ2) is 2.52. The van der Waals surface area contributed by atoms with Gasteiger partial charge in [0, 0.05) is 0 Å². The van der Waals surface area contributed by atoms with Crippen LogP contribution in [-0.2, 0) is 0 Å². The van der Waals surface area contributed by atoms with Crippen LogP contribution in [0.25, 0.3) is 0 Å². The highest BCUT2D eigenvalue weighted by Gasteiger charge is 2.11. The average Bonchev–Trinajstić information content (AvgIpc) is 1.21. The van der Waals surface area contributed by atoms with Gasteiger partial charge in [-0.05, 0) is 17.8 Å². The summed E-state index contributed by atoms with van der Waals surface area (Å²) in [5.41, 5.74) is 0.397. The molecule has 0 aliphatic rings. The molecule has 0 atom stereocenters. The normalized spacial score (nSPS) is 12.8. The summed E-state index contributed by atoms with van der Waals surface area (Å²) in [6, 6.07) is 0. The zero-order valence-electron chi connectivity index (χ0n) is 6.65. The van der Waals surface area contributed by atoms with Crippen molar-refractivity contribution in [2.45, 2.75) is 34.6 Å². The highest BCUT2D eigenvalue weighted by atomic mass is 14.2. The zero-order chi connectivity index (χ0) is 6.78. The molecular weight excluding hydrogens is 96.1 g/mol. The number of hydrogen-bond acceptors (Lipinski definition) is 0. The summed E-state index contributed by atoms with van der Waals surface area (Å²) < 4.78 is 0. The molecule has 0 rings (SSSR count). The summed E-state index contributed by atoms with van der Waals surface area (Å²) in [6.07, 6.45) is 2.35. The first-order valence-corrected chi connectivity index (χ1v) is 3.28. The van der Waals surface area contributed by atoms with Crippen molar-refractivity contribution in [1.82, 2.24) is 0 Å². The highest BCUT2D eigenvalue weighted by Crippen LogP contribution is 2.21. The van der Waals surface area contributed by atoms with Crippen LogP contribution in [0.1, 0.15) is 34.6 Å². The predicted octanol–water partition coefficient (Wildman–Crippen LogP) is 2.89. The molecule has 0 aliphatic heterocycles. The van der Waals surface area contributed by atoms with E-state index in [1.807, 2.05) is 0 Å². The Balaban J connectivity index is 3.39. The van der Waals surface area contributed by atoms with Gasteiger partial charge in [-0.15, -0.1) is 0 Å². The third kappa shape index (κ3) is 6.00. The van der Waals surface area contributed by atoms with Crippen molar-refractivity contribution in [2.24, 2.45) is 11.3 Å². The van der Waals surface area contributed by atoms with E-state index in [9.17, 15) is 0 Å². The molecule has 0 bridgehead atoms. The Hall–Kier alpha value is 0. The summed E-state index contributed by atoms with van der Waals surface area (Å²) in [5, 5.41) is 0. The lowest BCUT2D eigenvalue weighted by atomic mass is 9.86. The molecule has 0 aromatic carbocycles. The van der Waals surface area contributed by atoms with Crippen LogP contribution in [0.15, 0.2) is 0 Å². The van der Waals surface area contributed by atoms with Crippen molar-refractivity contribution in [1.29, 1.82) is 0 Å². The molecule has 0 aliphatic carbocycles. The lowest BCUT2D eigenvalue weighted by molar-refractivity contribution is 0.438. The lowest BCUT2D eigenvalue weighted by Crippen LogP contribution is -2.09. The van der Waals surface area contributed by atoms with E-state index >= 15 is 0 Å². The van der Waals surface area contributed by atoms with Gasteiger partial charge in [0.25, 0.3) is 0 Å². The maximum atomic E-state index is 2.35. The Morgan fingerprint density at radius 1 is 1.12 bits per heavy atom. The van der Waals surface area contributed by atoms with Crippen molar-refractivity contribution >= 4 is 0 Å². The minimum atomic E-state index is 0.397. The molecule has 0 saturated carbocycles. The van der Waals surface area contributed by atoms with E-state index < -0.39 is 0 Å². The number of hydrogen-bond donors (Lipinski definition) is 0. The molecule has 0 aromatic rings. The van der Waals surface area contributed by atoms with Crippen LogP contribution in [0.2, 0.25) is 0 Å². The van der Waals surface area contributed by atoms with E-state index in [1.165, 1.54) is 0 Å². The molecule has 0 spiro atoms. The Labute approximate surface area is 53.3 Å². The number of rotatable bonds is 1. The third-order valence-electron chi connectivity index (χ3n) is 0.833. The monoisotopic (exact) mass is 113 g/mol. The Morgan fingerprint density at radius 2 is 1.50 bits per heavy atom. The van der Waals surface area contributed by atoms with Crippen molar-refractivity contribution in [3.63, 3.8) is 0 Å². The van der Waals surface area contributed by atoms with Crippen molar-refractivity contribution in [3.05, 3.63) is 6.42 Å². The van der Waals surface area contributed by atoms with Gasteiger partial charge in [-0.2, -0.15) is 0 Å². The fraction of sp³-hybridized carbons (Fsp3) is 0.875. The second-order valence-electron chi connectivity index (χ2n) is 3.78. The fourth-order valence-electron chi connectivity index (χ4n) is 1.00. The maximum Gasteiger partial charge on any atom is -0.0306 e. The van der Waals surface area contributed by atoms with Gasteiger partial charge in [-0.1, -0.05) is 34.6 Å². The summed E-state index contributed by atoms with van der Waals surface area (Å²) in [7, 11) is 0. The van der Waals surface area contributed by atoms with E-state index in [2.05, 4.69) is 41.0 Å². The Bertz CT molecular complexity index is 54.9. The van der Waals surface area contributed by atoms with E-state index in [-0.39, 0.29) is 0 Å². The molecule has 1 radical (unpaired) electrons. The van der Waals surface area contributed by atoms with Gasteiger partial charge in [-0.3, -0.25) is 0 Å². The first-order chi connectivity index (χ1) is 3.42. The van der Waals surface area contributed by atoms with E-state index in [1.54, 1.807) is 0 Å². The van der Waals surface area contributed by atoms with Crippen LogP contribution in [0.3, 0.4) is 0 Å². The largest absolute Gasteiger partial charge is 0.0625 e. The first-order valence-electron chi connectivity index (χ1n) is 3.28. The maximum absolute atomic E-state index is 2.35. The van der Waals surface area contributed by atoms with Crippen molar-refractivity contribution in [3.8, 4) is 0 Å². The van der Waals surface area contributed by atoms with Crippen LogP contribution in [0, 0.1) is 17.8 Å². The molecular formula is C8H17.